The predicted molar refractivity (Wildman–Crippen MR) is 338 cm³/mol. The Morgan fingerprint density at radius 3 is 2.16 bits per heavy atom. The van der Waals surface area contributed by atoms with Gasteiger partial charge in [0.1, 0.15) is 53.3 Å². The van der Waals surface area contributed by atoms with Crippen LogP contribution in [0.15, 0.2) is 59.4 Å². The van der Waals surface area contributed by atoms with Crippen molar-refractivity contribution in [1.29, 1.82) is 0 Å². The Hall–Kier alpha value is -8.13. The molecule has 4 aromatic heterocycles. The minimum absolute atomic E-state index is 0.0112. The molecule has 3 atom stereocenters. The Bertz CT molecular complexity index is 4520. The number of pyridine rings is 1. The van der Waals surface area contributed by atoms with Crippen LogP contribution < -0.4 is 29.8 Å². The number of hydrogen-bond donors (Lipinski definition) is 2. The molecule has 1 fully saturated rings. The summed E-state index contributed by atoms with van der Waals surface area (Å²) in [5.74, 6) is -14.4. The van der Waals surface area contributed by atoms with Gasteiger partial charge in [-0.25, -0.2) is 35.5 Å². The molecule has 4 heterocycles. The number of benzene rings is 3. The van der Waals surface area contributed by atoms with E-state index in [4.69, 9.17) is 34.6 Å². The molecule has 2 N–H and O–H groups in total. The van der Waals surface area contributed by atoms with Crippen molar-refractivity contribution in [1.82, 2.24) is 44.7 Å². The van der Waals surface area contributed by atoms with Crippen molar-refractivity contribution >= 4 is 80.9 Å². The van der Waals surface area contributed by atoms with Gasteiger partial charge in [-0.05, 0) is 121 Å². The Morgan fingerprint density at radius 2 is 1.56 bits per heavy atom. The van der Waals surface area contributed by atoms with Gasteiger partial charge in [-0.2, -0.15) is 41.4 Å². The van der Waals surface area contributed by atoms with Gasteiger partial charge in [0, 0.05) is 54.5 Å². The van der Waals surface area contributed by atoms with E-state index in [0.717, 1.165) is 39.6 Å². The number of fused-ring (bicyclic) bond motifs is 5. The summed E-state index contributed by atoms with van der Waals surface area (Å²) in [4.78, 5) is 80.8. The molecular formula is C63H69ClF9N10O13PS. The number of rotatable bonds is 26. The highest BCUT2D eigenvalue weighted by atomic mass is 35.5. The quantitative estimate of drug-likeness (QED) is 0.0290. The number of nitrogens with one attached hydrogen (secondary N) is 2. The normalized spacial score (nSPS) is 15.8. The van der Waals surface area contributed by atoms with Crippen LogP contribution in [0.1, 0.15) is 145 Å². The standard InChI is InChI=1S/C63H69ClF9N10O13PS/c1-30(2)94-97(89,95-31(3)4)96-43-20-32(5)19-34(24-44(84)74-28-48(87)93-60(6,7)8)51(43)61(9,10)27-47(86)83(98(12,90)91)58-50-40(64)14-15-42(53(50)80(11)79-58)82-57(77-56-37(59(82)88)13-16-46(76-56)92-18-17-62(69,70)71)41(23-33-21-35(65)25-36(66)22-33)75-45(85)29-81-54-49(52(78-81)55(67)68)38-26-39(38)63(54,72)73/h13-16,19-22,25,30-31,38-39,41,55H,17-18,23-24,26-29H2,1-12H3,(H,74,84)(H,75,85)/t38-,39+,41-/m0/s1. The van der Waals surface area contributed by atoms with E-state index in [1.807, 2.05) is 0 Å². The number of phosphoric ester groups is 1. The van der Waals surface area contributed by atoms with Crippen LogP contribution in [0, 0.1) is 24.5 Å². The number of halogens is 10. The van der Waals surface area contributed by atoms with E-state index in [1.165, 1.54) is 33.0 Å². The molecule has 2 aliphatic rings. The molecule has 23 nitrogen and oxygen atoms in total. The minimum Gasteiger partial charge on any atom is -0.477 e. The van der Waals surface area contributed by atoms with Crippen molar-refractivity contribution in [3.8, 4) is 17.3 Å². The minimum atomic E-state index is -4.89. The molecule has 7 aromatic rings. The number of phosphoric acid groups is 1. The largest absolute Gasteiger partial charge is 0.530 e. The van der Waals surface area contributed by atoms with E-state index in [2.05, 4.69) is 30.8 Å². The second-order valence-corrected chi connectivity index (χ2v) is 29.8. The first-order valence-corrected chi connectivity index (χ1v) is 34.2. The van der Waals surface area contributed by atoms with Gasteiger partial charge in [0.15, 0.2) is 11.5 Å². The average Bonchev–Trinajstić information content (AvgIpc) is 1.52. The predicted octanol–water partition coefficient (Wildman–Crippen LogP) is 11.7. The van der Waals surface area contributed by atoms with Crippen LogP contribution >= 0.6 is 19.4 Å². The topological polar surface area (TPSA) is 276 Å². The number of amides is 3. The van der Waals surface area contributed by atoms with Crippen LogP contribution in [0.3, 0.4) is 0 Å². The zero-order chi connectivity index (χ0) is 72.4. The van der Waals surface area contributed by atoms with Crippen molar-refractivity contribution in [3.63, 3.8) is 0 Å². The lowest BCUT2D eigenvalue weighted by Gasteiger charge is -2.32. The van der Waals surface area contributed by atoms with E-state index < -0.39 is 209 Å². The zero-order valence-electron chi connectivity index (χ0n) is 54.8. The number of nitrogens with zero attached hydrogens (tertiary/aromatic N) is 8. The van der Waals surface area contributed by atoms with Crippen molar-refractivity contribution in [2.75, 3.05) is 23.7 Å². The Balaban J connectivity index is 1.20. The molecule has 0 saturated heterocycles. The van der Waals surface area contributed by atoms with E-state index in [9.17, 15) is 49.3 Å². The molecule has 9 rings (SSSR count). The van der Waals surface area contributed by atoms with Gasteiger partial charge in [0.05, 0.1) is 71.0 Å². The van der Waals surface area contributed by atoms with Crippen molar-refractivity contribution < 1.29 is 94.7 Å². The van der Waals surface area contributed by atoms with Crippen LogP contribution in [-0.4, -0.2) is 110 Å². The fourth-order valence-corrected chi connectivity index (χ4v) is 14.6. The number of sulfonamides is 1. The average molecular weight is 1440 g/mol. The van der Waals surface area contributed by atoms with Crippen molar-refractivity contribution in [2.24, 2.45) is 13.0 Å². The lowest BCUT2D eigenvalue weighted by molar-refractivity contribution is -0.154. The van der Waals surface area contributed by atoms with Gasteiger partial charge in [0.25, 0.3) is 17.9 Å². The SMILES string of the molecule is Cc1cc(CC(=O)NCC(=O)OC(C)(C)C)c(C(C)(C)CC(=O)N(c2nn(C)c3c(-n4c([C@H](Cc5cc(F)cc(F)c5)NC(=O)Cn5nc(C(F)F)c6c5C(F)(F)[C@@H]5C[C@H]65)nc5nc(OCCC(F)(F)F)ccc5c4=O)ccc(Cl)c23)S(C)(=O)=O)c(OP(=O)(OC(C)C)OC(C)C)c1. The zero-order valence-corrected chi connectivity index (χ0v) is 57.3. The third-order valence-corrected chi connectivity index (χ3v) is 18.6. The molecule has 0 unspecified atom stereocenters. The summed E-state index contributed by atoms with van der Waals surface area (Å²) < 4.78 is 205. The summed E-state index contributed by atoms with van der Waals surface area (Å²) in [6.07, 6.45) is -12.6. The molecule has 530 valence electrons. The lowest BCUT2D eigenvalue weighted by Crippen LogP contribution is -2.40. The highest BCUT2D eigenvalue weighted by molar-refractivity contribution is 7.92. The number of aromatic nitrogens is 7. The molecule has 0 aliphatic heterocycles. The van der Waals surface area contributed by atoms with Crippen LogP contribution in [0.5, 0.6) is 11.6 Å². The Morgan fingerprint density at radius 1 is 0.908 bits per heavy atom. The van der Waals surface area contributed by atoms with Gasteiger partial charge in [0.2, 0.25) is 33.6 Å². The van der Waals surface area contributed by atoms with Crippen molar-refractivity contribution in [2.45, 2.75) is 162 Å². The summed E-state index contributed by atoms with van der Waals surface area (Å²) in [6, 6.07) is 7.66. The molecule has 3 amide bonds. The van der Waals surface area contributed by atoms with Gasteiger partial charge >= 0.3 is 20.0 Å². The highest BCUT2D eigenvalue weighted by Gasteiger charge is 2.67. The van der Waals surface area contributed by atoms with Gasteiger partial charge < -0.3 is 24.6 Å². The van der Waals surface area contributed by atoms with E-state index in [0.29, 0.717) is 26.9 Å². The summed E-state index contributed by atoms with van der Waals surface area (Å²) >= 11 is 7.02. The van der Waals surface area contributed by atoms with Gasteiger partial charge in [-0.3, -0.25) is 47.0 Å². The smallest absolute Gasteiger partial charge is 0.477 e. The molecule has 1 saturated carbocycles. The number of carbonyl (C=O) groups excluding carboxylic acids is 4. The van der Waals surface area contributed by atoms with Gasteiger partial charge in [-0.15, -0.1) is 0 Å². The molecule has 98 heavy (non-hydrogen) atoms. The molecule has 3 aromatic carbocycles. The van der Waals surface area contributed by atoms with Crippen LogP contribution in [0.2, 0.25) is 5.02 Å². The fourth-order valence-electron chi connectivity index (χ4n) is 12.0. The summed E-state index contributed by atoms with van der Waals surface area (Å²) in [5, 5.41) is 12.1. The van der Waals surface area contributed by atoms with Crippen LogP contribution in [0.25, 0.3) is 27.6 Å². The van der Waals surface area contributed by atoms with E-state index >= 15 is 27.2 Å². The Kier molecular flexibility index (Phi) is 20.8. The summed E-state index contributed by atoms with van der Waals surface area (Å²) in [6.45, 7) is 13.0. The molecule has 0 bridgehead atoms. The second-order valence-electron chi connectivity index (χ2n) is 26.0. The number of ether oxygens (including phenoxy) is 2. The maximum Gasteiger partial charge on any atom is 0.530 e. The Labute approximate surface area is 560 Å². The fraction of sp³-hybridized carbons (Fsp3) is 0.476. The maximum absolute atomic E-state index is 15.9. The number of hydrogen-bond acceptors (Lipinski definition) is 17. The second kappa shape index (κ2) is 27.5. The molecule has 0 spiro atoms. The molecule has 0 radical (unpaired) electrons. The number of anilines is 1. The number of carbonyl (C=O) groups is 4. The first-order chi connectivity index (χ1) is 45.3. The number of esters is 1. The van der Waals surface area contributed by atoms with Crippen molar-refractivity contribution in [3.05, 3.63) is 127 Å². The monoisotopic (exact) mass is 1440 g/mol. The first-order valence-electron chi connectivity index (χ1n) is 30.5. The van der Waals surface area contributed by atoms with Crippen LogP contribution in [-0.2, 0) is 85.3 Å². The third kappa shape index (κ3) is 16.4. The first kappa shape index (κ1) is 74.1. The molecular weight excluding hydrogens is 1370 g/mol. The number of alkyl halides is 7. The molecule has 2 aliphatic carbocycles. The molecule has 35 heteroatoms. The summed E-state index contributed by atoms with van der Waals surface area (Å²) in [5.41, 5.74) is -6.98. The maximum atomic E-state index is 15.9. The van der Waals surface area contributed by atoms with E-state index in [1.54, 1.807) is 61.5 Å². The van der Waals surface area contributed by atoms with E-state index in [-0.39, 0.29) is 50.5 Å². The van der Waals surface area contributed by atoms with Crippen LogP contribution in [0.4, 0.5) is 45.3 Å². The highest BCUT2D eigenvalue weighted by Crippen LogP contribution is 2.68. The lowest BCUT2D eigenvalue weighted by atomic mass is 9.77. The third-order valence-electron chi connectivity index (χ3n) is 15.4. The number of aryl methyl sites for hydroxylation is 2. The van der Waals surface area contributed by atoms with Gasteiger partial charge in [-0.1, -0.05) is 31.5 Å². The summed E-state index contributed by atoms with van der Waals surface area (Å²) in [7, 11) is -8.26.